The molecular formula is C21H25N3O3. The first-order valence-electron chi connectivity index (χ1n) is 9.77. The highest BCUT2D eigenvalue weighted by Gasteiger charge is 2.46. The van der Waals surface area contributed by atoms with Crippen LogP contribution in [0.2, 0.25) is 0 Å². The Labute approximate surface area is 159 Å². The van der Waals surface area contributed by atoms with Crippen molar-refractivity contribution < 1.29 is 14.3 Å². The minimum atomic E-state index is 0.00914. The molecule has 3 aliphatic heterocycles. The van der Waals surface area contributed by atoms with Gasteiger partial charge < -0.3 is 14.5 Å². The Morgan fingerprint density at radius 1 is 1.26 bits per heavy atom. The summed E-state index contributed by atoms with van der Waals surface area (Å²) in [5.41, 5.74) is 1.18. The molecule has 0 aliphatic carbocycles. The highest BCUT2D eigenvalue weighted by atomic mass is 16.5. The minimum absolute atomic E-state index is 0.00914. The Kier molecular flexibility index (Phi) is 4.88. The molecule has 142 valence electrons. The van der Waals surface area contributed by atoms with E-state index < -0.39 is 0 Å². The number of likely N-dealkylation sites (tertiary alicyclic amines) is 2. The molecule has 0 aromatic heterocycles. The third-order valence-electron chi connectivity index (χ3n) is 6.23. The summed E-state index contributed by atoms with van der Waals surface area (Å²) >= 11 is 0. The maximum atomic E-state index is 12.7. The summed E-state index contributed by atoms with van der Waals surface area (Å²) in [6, 6.07) is 8.86. The fourth-order valence-corrected chi connectivity index (χ4v) is 4.57. The van der Waals surface area contributed by atoms with Crippen LogP contribution in [0.1, 0.15) is 48.0 Å². The fourth-order valence-electron chi connectivity index (χ4n) is 4.57. The van der Waals surface area contributed by atoms with Crippen molar-refractivity contribution in [1.82, 2.24) is 9.80 Å². The maximum absolute atomic E-state index is 12.7. The van der Waals surface area contributed by atoms with Gasteiger partial charge in [-0.05, 0) is 49.9 Å². The predicted molar refractivity (Wildman–Crippen MR) is 98.9 cm³/mol. The zero-order valence-electron chi connectivity index (χ0n) is 15.5. The van der Waals surface area contributed by atoms with Gasteiger partial charge in [-0.1, -0.05) is 0 Å². The number of piperidine rings is 1. The lowest BCUT2D eigenvalue weighted by Crippen LogP contribution is -2.44. The summed E-state index contributed by atoms with van der Waals surface area (Å²) in [7, 11) is 0. The quantitative estimate of drug-likeness (QED) is 0.821. The molecule has 0 radical (unpaired) electrons. The van der Waals surface area contributed by atoms with E-state index in [0.29, 0.717) is 37.2 Å². The molecule has 1 aromatic rings. The predicted octanol–water partition coefficient (Wildman–Crippen LogP) is 2.19. The van der Waals surface area contributed by atoms with Crippen LogP contribution in [0.4, 0.5) is 0 Å². The highest BCUT2D eigenvalue weighted by Crippen LogP contribution is 2.41. The number of benzene rings is 1. The van der Waals surface area contributed by atoms with Crippen LogP contribution in [0.3, 0.4) is 0 Å². The van der Waals surface area contributed by atoms with Crippen LogP contribution in [0.15, 0.2) is 24.3 Å². The number of carbonyl (C=O) groups is 2. The number of nitriles is 1. The van der Waals surface area contributed by atoms with Crippen LogP contribution >= 0.6 is 0 Å². The molecule has 1 spiro atoms. The van der Waals surface area contributed by atoms with E-state index in [9.17, 15) is 9.59 Å². The number of amides is 2. The SMILES string of the molecule is N#Cc1ccc(C(=O)N2CCC3(CC2)CC(=O)N(C[C@@H]2CCCO2)C3)cc1. The molecule has 0 N–H and O–H groups in total. The number of nitrogens with zero attached hydrogens (tertiary/aromatic N) is 3. The van der Waals surface area contributed by atoms with Crippen molar-refractivity contribution >= 4 is 11.8 Å². The molecule has 1 aromatic carbocycles. The summed E-state index contributed by atoms with van der Waals surface area (Å²) in [4.78, 5) is 29.1. The van der Waals surface area contributed by atoms with Crippen molar-refractivity contribution in [3.8, 4) is 6.07 Å². The molecule has 0 bridgehead atoms. The van der Waals surface area contributed by atoms with Crippen LogP contribution in [-0.4, -0.2) is 60.5 Å². The molecule has 2 amide bonds. The topological polar surface area (TPSA) is 73.6 Å². The zero-order valence-corrected chi connectivity index (χ0v) is 15.5. The Morgan fingerprint density at radius 2 is 2.00 bits per heavy atom. The zero-order chi connectivity index (χ0) is 18.9. The first kappa shape index (κ1) is 18.0. The van der Waals surface area contributed by atoms with E-state index in [0.717, 1.165) is 38.8 Å². The fraction of sp³-hybridized carbons (Fsp3) is 0.571. The van der Waals surface area contributed by atoms with Crippen molar-refractivity contribution in [1.29, 1.82) is 5.26 Å². The second-order valence-corrected chi connectivity index (χ2v) is 8.07. The summed E-state index contributed by atoms with van der Waals surface area (Å²) < 4.78 is 5.69. The Morgan fingerprint density at radius 3 is 2.63 bits per heavy atom. The monoisotopic (exact) mass is 367 g/mol. The van der Waals surface area contributed by atoms with E-state index >= 15 is 0 Å². The van der Waals surface area contributed by atoms with Gasteiger partial charge in [-0.2, -0.15) is 5.26 Å². The third kappa shape index (κ3) is 3.70. The minimum Gasteiger partial charge on any atom is -0.376 e. The van der Waals surface area contributed by atoms with Gasteiger partial charge in [0.15, 0.2) is 0 Å². The van der Waals surface area contributed by atoms with Crippen molar-refractivity contribution in [2.24, 2.45) is 5.41 Å². The van der Waals surface area contributed by atoms with E-state index in [1.54, 1.807) is 24.3 Å². The molecule has 6 heteroatoms. The molecule has 3 heterocycles. The molecule has 6 nitrogen and oxygen atoms in total. The summed E-state index contributed by atoms with van der Waals surface area (Å²) in [6.45, 7) is 3.68. The molecule has 0 unspecified atom stereocenters. The van der Waals surface area contributed by atoms with Gasteiger partial charge in [0, 0.05) is 50.2 Å². The Bertz CT molecular complexity index is 754. The van der Waals surface area contributed by atoms with Gasteiger partial charge in [-0.25, -0.2) is 0 Å². The number of rotatable bonds is 3. The average Bonchev–Trinajstić information content (AvgIpc) is 3.30. The summed E-state index contributed by atoms with van der Waals surface area (Å²) in [5.74, 6) is 0.243. The van der Waals surface area contributed by atoms with Crippen LogP contribution in [-0.2, 0) is 9.53 Å². The van der Waals surface area contributed by atoms with Gasteiger partial charge in [-0.3, -0.25) is 9.59 Å². The standard InChI is InChI=1S/C21H25N3O3/c22-13-16-3-5-17(6-4-16)20(26)23-9-7-21(8-10-23)12-19(25)24(15-21)14-18-2-1-11-27-18/h3-6,18H,1-2,7-12,14-15H2/t18-/m0/s1. The lowest BCUT2D eigenvalue weighted by atomic mass is 9.77. The van der Waals surface area contributed by atoms with Crippen molar-refractivity contribution in [2.45, 2.75) is 38.2 Å². The molecule has 1 atom stereocenters. The first-order chi connectivity index (χ1) is 13.1. The smallest absolute Gasteiger partial charge is 0.253 e. The largest absolute Gasteiger partial charge is 0.376 e. The first-order valence-corrected chi connectivity index (χ1v) is 9.77. The number of hydrogen-bond acceptors (Lipinski definition) is 4. The van der Waals surface area contributed by atoms with Gasteiger partial charge >= 0.3 is 0 Å². The Balaban J connectivity index is 1.34. The van der Waals surface area contributed by atoms with Gasteiger partial charge in [0.2, 0.25) is 5.91 Å². The average molecular weight is 367 g/mol. The molecular weight excluding hydrogens is 342 g/mol. The number of carbonyl (C=O) groups excluding carboxylic acids is 2. The Hall–Kier alpha value is -2.39. The third-order valence-corrected chi connectivity index (χ3v) is 6.23. The summed E-state index contributed by atoms with van der Waals surface area (Å²) in [5, 5.41) is 8.88. The van der Waals surface area contributed by atoms with Crippen molar-refractivity contribution in [3.05, 3.63) is 35.4 Å². The maximum Gasteiger partial charge on any atom is 0.253 e. The molecule has 27 heavy (non-hydrogen) atoms. The molecule has 3 saturated heterocycles. The lowest BCUT2D eigenvalue weighted by molar-refractivity contribution is -0.129. The van der Waals surface area contributed by atoms with Crippen LogP contribution in [0.25, 0.3) is 0 Å². The van der Waals surface area contributed by atoms with Crippen molar-refractivity contribution in [2.75, 3.05) is 32.8 Å². The lowest BCUT2D eigenvalue weighted by Gasteiger charge is -2.39. The molecule has 3 aliphatic rings. The molecule has 3 fully saturated rings. The number of hydrogen-bond donors (Lipinski definition) is 0. The van der Waals surface area contributed by atoms with E-state index in [1.165, 1.54) is 0 Å². The van der Waals surface area contributed by atoms with Crippen molar-refractivity contribution in [3.63, 3.8) is 0 Å². The highest BCUT2D eigenvalue weighted by molar-refractivity contribution is 5.94. The van der Waals surface area contributed by atoms with E-state index in [4.69, 9.17) is 10.00 Å². The van der Waals surface area contributed by atoms with E-state index in [-0.39, 0.29) is 23.3 Å². The van der Waals surface area contributed by atoms with Gasteiger partial charge in [0.05, 0.1) is 17.7 Å². The van der Waals surface area contributed by atoms with E-state index in [1.807, 2.05) is 9.80 Å². The van der Waals surface area contributed by atoms with Gasteiger partial charge in [0.25, 0.3) is 5.91 Å². The summed E-state index contributed by atoms with van der Waals surface area (Å²) in [6.07, 6.45) is 4.65. The number of ether oxygens (including phenoxy) is 1. The van der Waals surface area contributed by atoms with Crippen LogP contribution < -0.4 is 0 Å². The normalized spacial score (nSPS) is 24.4. The molecule has 0 saturated carbocycles. The molecule has 4 rings (SSSR count). The van der Waals surface area contributed by atoms with E-state index in [2.05, 4.69) is 6.07 Å². The van der Waals surface area contributed by atoms with Crippen LogP contribution in [0, 0.1) is 16.7 Å². The van der Waals surface area contributed by atoms with Gasteiger partial charge in [0.1, 0.15) is 0 Å². The second kappa shape index (κ2) is 7.32. The van der Waals surface area contributed by atoms with Crippen LogP contribution in [0.5, 0.6) is 0 Å². The second-order valence-electron chi connectivity index (χ2n) is 8.07. The van der Waals surface area contributed by atoms with Gasteiger partial charge in [-0.15, -0.1) is 0 Å².